The van der Waals surface area contributed by atoms with E-state index in [1.54, 1.807) is 0 Å². The van der Waals surface area contributed by atoms with Crippen LogP contribution in [0.4, 0.5) is 4.39 Å². The monoisotopic (exact) mass is 404 g/mol. The van der Waals surface area contributed by atoms with Gasteiger partial charge >= 0.3 is 0 Å². The largest absolute Gasteiger partial charge is 0.294 e. The third kappa shape index (κ3) is 3.65. The van der Waals surface area contributed by atoms with Gasteiger partial charge < -0.3 is 0 Å². The topological polar surface area (TPSA) is 17.1 Å². The summed E-state index contributed by atoms with van der Waals surface area (Å²) < 4.78 is 15.1. The smallest absolute Gasteiger partial charge is 0.170 e. The lowest BCUT2D eigenvalue weighted by molar-refractivity contribution is 0.0989. The Balaban J connectivity index is 2.28. The van der Waals surface area contributed by atoms with Crippen LogP contribution in [0.2, 0.25) is 5.02 Å². The highest BCUT2D eigenvalue weighted by Crippen LogP contribution is 2.26. The molecule has 0 N–H and O–H groups in total. The van der Waals surface area contributed by atoms with Crippen LogP contribution in [0.15, 0.2) is 45.3 Å². The lowest BCUT2D eigenvalue weighted by Crippen LogP contribution is -2.06. The lowest BCUT2D eigenvalue weighted by Gasteiger charge is -2.05. The first kappa shape index (κ1) is 14.7. The van der Waals surface area contributed by atoms with Gasteiger partial charge in [0.05, 0.1) is 10.6 Å². The number of carbonyl (C=O) groups excluding carboxylic acids is 1. The summed E-state index contributed by atoms with van der Waals surface area (Å²) in [5.74, 6) is -0.874. The van der Waals surface area contributed by atoms with Gasteiger partial charge in [-0.1, -0.05) is 39.7 Å². The summed E-state index contributed by atoms with van der Waals surface area (Å²) in [7, 11) is 0. The highest BCUT2D eigenvalue weighted by molar-refractivity contribution is 9.10. The molecule has 0 radical (unpaired) electrons. The predicted octanol–water partition coefficient (Wildman–Crippen LogP) is 5.43. The minimum absolute atomic E-state index is 0.00757. The van der Waals surface area contributed by atoms with E-state index in [9.17, 15) is 9.18 Å². The minimum atomic E-state index is -0.573. The summed E-state index contributed by atoms with van der Waals surface area (Å²) in [6.07, 6.45) is 0.133. The van der Waals surface area contributed by atoms with Gasteiger partial charge in [-0.05, 0) is 45.8 Å². The van der Waals surface area contributed by atoms with Crippen LogP contribution in [0, 0.1) is 5.82 Å². The van der Waals surface area contributed by atoms with Crippen molar-refractivity contribution in [1.29, 1.82) is 0 Å². The van der Waals surface area contributed by atoms with Crippen LogP contribution in [0.5, 0.6) is 0 Å². The van der Waals surface area contributed by atoms with Crippen LogP contribution in [0.1, 0.15) is 15.9 Å². The van der Waals surface area contributed by atoms with Crippen LogP contribution in [0.25, 0.3) is 0 Å². The number of carbonyl (C=O) groups is 1. The van der Waals surface area contributed by atoms with Crippen molar-refractivity contribution in [2.45, 2.75) is 6.42 Å². The molecular weight excluding hydrogens is 398 g/mol. The van der Waals surface area contributed by atoms with Crippen molar-refractivity contribution < 1.29 is 9.18 Å². The summed E-state index contributed by atoms with van der Waals surface area (Å²) in [4.78, 5) is 12.1. The summed E-state index contributed by atoms with van der Waals surface area (Å²) in [5.41, 5.74) is 0.825. The Morgan fingerprint density at radius 2 is 1.95 bits per heavy atom. The zero-order chi connectivity index (χ0) is 14.0. The van der Waals surface area contributed by atoms with Gasteiger partial charge in [-0.3, -0.25) is 4.79 Å². The number of rotatable bonds is 3. The molecule has 98 valence electrons. The van der Waals surface area contributed by atoms with Crippen molar-refractivity contribution in [2.24, 2.45) is 0 Å². The number of Topliss-reactive ketones (excluding diaryl/α,β-unsaturated/α-hetero) is 1. The highest BCUT2D eigenvalue weighted by atomic mass is 79.9. The van der Waals surface area contributed by atoms with Crippen LogP contribution in [-0.4, -0.2) is 5.78 Å². The molecule has 2 aromatic carbocycles. The van der Waals surface area contributed by atoms with Gasteiger partial charge in [0.15, 0.2) is 5.78 Å². The maximum absolute atomic E-state index is 13.7. The molecule has 0 aliphatic carbocycles. The number of hydrogen-bond donors (Lipinski definition) is 0. The molecule has 0 spiro atoms. The first-order valence-corrected chi connectivity index (χ1v) is 7.36. The average molecular weight is 406 g/mol. The van der Waals surface area contributed by atoms with Crippen LogP contribution < -0.4 is 0 Å². The van der Waals surface area contributed by atoms with Gasteiger partial charge in [0, 0.05) is 15.4 Å². The highest BCUT2D eigenvalue weighted by Gasteiger charge is 2.15. The maximum Gasteiger partial charge on any atom is 0.170 e. The third-order valence-electron chi connectivity index (χ3n) is 2.56. The zero-order valence-corrected chi connectivity index (χ0v) is 13.5. The molecule has 2 aromatic rings. The van der Waals surface area contributed by atoms with E-state index in [4.69, 9.17) is 11.6 Å². The van der Waals surface area contributed by atoms with Crippen LogP contribution >= 0.6 is 43.5 Å². The molecule has 2 rings (SSSR count). The fourth-order valence-electron chi connectivity index (χ4n) is 1.66. The zero-order valence-electron chi connectivity index (χ0n) is 9.59. The molecule has 5 heteroatoms. The number of halogens is 4. The third-order valence-corrected chi connectivity index (χ3v) is 4.25. The Morgan fingerprint density at radius 3 is 2.63 bits per heavy atom. The predicted molar refractivity (Wildman–Crippen MR) is 81.3 cm³/mol. The number of hydrogen-bond acceptors (Lipinski definition) is 1. The summed E-state index contributed by atoms with van der Waals surface area (Å²) >= 11 is 12.3. The van der Waals surface area contributed by atoms with E-state index in [-0.39, 0.29) is 17.8 Å². The molecule has 0 atom stereocenters. The van der Waals surface area contributed by atoms with E-state index < -0.39 is 5.82 Å². The second-order valence-corrected chi connectivity index (χ2v) is 6.15. The standard InChI is InChI=1S/C14H8Br2ClFO/c15-9-3-1-2-8(4-9)5-14(19)10-6-12(17)11(16)7-13(10)18/h1-4,6-7H,5H2. The Bertz CT molecular complexity index is 643. The summed E-state index contributed by atoms with van der Waals surface area (Å²) in [5, 5.41) is 0.319. The number of benzene rings is 2. The molecule has 0 unspecified atom stereocenters. The fourth-order valence-corrected chi connectivity index (χ4v) is 2.59. The molecule has 1 nitrogen and oxygen atoms in total. The van der Waals surface area contributed by atoms with E-state index in [2.05, 4.69) is 31.9 Å². The van der Waals surface area contributed by atoms with Crippen molar-refractivity contribution in [3.63, 3.8) is 0 Å². The first-order valence-electron chi connectivity index (χ1n) is 5.39. The van der Waals surface area contributed by atoms with Crippen LogP contribution in [-0.2, 0) is 6.42 Å². The van der Waals surface area contributed by atoms with E-state index in [0.717, 1.165) is 10.0 Å². The molecule has 0 saturated heterocycles. The summed E-state index contributed by atoms with van der Waals surface area (Å²) in [6.45, 7) is 0. The van der Waals surface area contributed by atoms with Crippen molar-refractivity contribution in [1.82, 2.24) is 0 Å². The van der Waals surface area contributed by atoms with Crippen molar-refractivity contribution in [2.75, 3.05) is 0 Å². The normalized spacial score (nSPS) is 10.5. The Kier molecular flexibility index (Phi) is 4.76. The Hall–Kier alpha value is -0.710. The first-order chi connectivity index (χ1) is 8.97. The van der Waals surface area contributed by atoms with E-state index in [0.29, 0.717) is 9.50 Å². The molecule has 0 aromatic heterocycles. The fraction of sp³-hybridized carbons (Fsp3) is 0.0714. The van der Waals surface area contributed by atoms with Crippen molar-refractivity contribution >= 4 is 49.2 Å². The quantitative estimate of drug-likeness (QED) is 0.491. The SMILES string of the molecule is O=C(Cc1cccc(Br)c1)c1cc(Cl)c(Br)cc1F. The lowest BCUT2D eigenvalue weighted by atomic mass is 10.0. The Labute approximate surface area is 132 Å². The molecule has 0 amide bonds. The van der Waals surface area contributed by atoms with E-state index in [1.165, 1.54) is 12.1 Å². The van der Waals surface area contributed by atoms with Crippen molar-refractivity contribution in [3.05, 3.63) is 67.3 Å². The summed E-state index contributed by atoms with van der Waals surface area (Å²) in [6, 6.07) is 9.90. The number of ketones is 1. The molecule has 0 saturated carbocycles. The Morgan fingerprint density at radius 1 is 1.21 bits per heavy atom. The van der Waals surface area contributed by atoms with E-state index >= 15 is 0 Å². The average Bonchev–Trinajstić information content (AvgIpc) is 2.33. The maximum atomic E-state index is 13.7. The van der Waals surface area contributed by atoms with Gasteiger partial charge in [-0.15, -0.1) is 0 Å². The van der Waals surface area contributed by atoms with Crippen molar-refractivity contribution in [3.8, 4) is 0 Å². The molecule has 0 aliphatic heterocycles. The van der Waals surface area contributed by atoms with Gasteiger partial charge in [0.1, 0.15) is 5.82 Å². The minimum Gasteiger partial charge on any atom is -0.294 e. The van der Waals surface area contributed by atoms with Crippen LogP contribution in [0.3, 0.4) is 0 Å². The van der Waals surface area contributed by atoms with Gasteiger partial charge in [0.25, 0.3) is 0 Å². The molecular formula is C14H8Br2ClFO. The van der Waals surface area contributed by atoms with Gasteiger partial charge in [0.2, 0.25) is 0 Å². The second-order valence-electron chi connectivity index (χ2n) is 3.98. The molecule has 19 heavy (non-hydrogen) atoms. The molecule has 0 heterocycles. The van der Waals surface area contributed by atoms with E-state index in [1.807, 2.05) is 24.3 Å². The molecule has 0 bridgehead atoms. The van der Waals surface area contributed by atoms with Gasteiger partial charge in [-0.2, -0.15) is 0 Å². The molecule has 0 aliphatic rings. The van der Waals surface area contributed by atoms with Gasteiger partial charge in [-0.25, -0.2) is 4.39 Å². The second kappa shape index (κ2) is 6.16. The molecule has 0 fully saturated rings.